The van der Waals surface area contributed by atoms with Crippen LogP contribution in [0.2, 0.25) is 0 Å². The van der Waals surface area contributed by atoms with Gasteiger partial charge in [0.25, 0.3) is 0 Å². The highest BCUT2D eigenvalue weighted by molar-refractivity contribution is 7.17. The fourth-order valence-corrected chi connectivity index (χ4v) is 2.46. The molecule has 0 radical (unpaired) electrons. The van der Waals surface area contributed by atoms with Crippen molar-refractivity contribution in [3.8, 4) is 0 Å². The number of nitrogens with zero attached hydrogens (tertiary/aromatic N) is 1. The number of carbonyl (C=O) groups is 1. The van der Waals surface area contributed by atoms with Crippen LogP contribution in [0.5, 0.6) is 0 Å². The van der Waals surface area contributed by atoms with E-state index in [2.05, 4.69) is 10.3 Å². The molecule has 1 heterocycles. The monoisotopic (exact) mass is 292 g/mol. The van der Waals surface area contributed by atoms with Crippen LogP contribution in [0.15, 0.2) is 0 Å². The van der Waals surface area contributed by atoms with Crippen LogP contribution >= 0.6 is 22.9 Å². The van der Waals surface area contributed by atoms with Gasteiger partial charge in [-0.15, -0.1) is 11.6 Å². The van der Waals surface area contributed by atoms with E-state index in [0.717, 1.165) is 13.0 Å². The summed E-state index contributed by atoms with van der Waals surface area (Å²) in [5.41, 5.74) is 0.564. The number of esters is 1. The lowest BCUT2D eigenvalue weighted by atomic mass is 10.4. The van der Waals surface area contributed by atoms with Crippen LogP contribution in [0.4, 0.5) is 5.13 Å². The first-order chi connectivity index (χ1) is 8.72. The fraction of sp³-hybridized carbons (Fsp3) is 0.636. The zero-order valence-electron chi connectivity index (χ0n) is 10.5. The van der Waals surface area contributed by atoms with Crippen molar-refractivity contribution in [2.75, 3.05) is 32.2 Å². The molecule has 0 aliphatic heterocycles. The van der Waals surface area contributed by atoms with Crippen molar-refractivity contribution < 1.29 is 14.3 Å². The lowest BCUT2D eigenvalue weighted by Gasteiger charge is -2.00. The lowest BCUT2D eigenvalue weighted by Crippen LogP contribution is -2.04. The van der Waals surface area contributed by atoms with Gasteiger partial charge in [-0.05, 0) is 13.3 Å². The van der Waals surface area contributed by atoms with Crippen molar-refractivity contribution >= 4 is 34.0 Å². The maximum atomic E-state index is 11.7. The molecule has 1 aromatic heterocycles. The molecule has 102 valence electrons. The fourth-order valence-electron chi connectivity index (χ4n) is 1.29. The molecule has 0 saturated carbocycles. The van der Waals surface area contributed by atoms with E-state index in [1.807, 2.05) is 0 Å². The first kappa shape index (κ1) is 15.2. The molecule has 1 N–H and O–H groups in total. The number of ether oxygens (including phenoxy) is 2. The van der Waals surface area contributed by atoms with E-state index in [9.17, 15) is 4.79 Å². The zero-order valence-corrected chi connectivity index (χ0v) is 12.1. The van der Waals surface area contributed by atoms with Crippen molar-refractivity contribution in [1.29, 1.82) is 0 Å². The number of methoxy groups -OCH3 is 1. The smallest absolute Gasteiger partial charge is 0.350 e. The van der Waals surface area contributed by atoms with Gasteiger partial charge in [-0.3, -0.25) is 0 Å². The number of aromatic nitrogens is 1. The Bertz CT molecular complexity index is 384. The SMILES string of the molecule is CCOC(=O)c1sc(NCCCOC)nc1CCl. The van der Waals surface area contributed by atoms with Gasteiger partial charge in [-0.25, -0.2) is 9.78 Å². The maximum absolute atomic E-state index is 11.7. The molecule has 18 heavy (non-hydrogen) atoms. The predicted molar refractivity (Wildman–Crippen MR) is 72.6 cm³/mol. The van der Waals surface area contributed by atoms with E-state index >= 15 is 0 Å². The quantitative estimate of drug-likeness (QED) is 0.453. The van der Waals surface area contributed by atoms with Gasteiger partial charge in [0.1, 0.15) is 4.88 Å². The minimum atomic E-state index is -0.365. The third kappa shape index (κ3) is 4.44. The lowest BCUT2D eigenvalue weighted by molar-refractivity contribution is 0.0531. The van der Waals surface area contributed by atoms with E-state index < -0.39 is 0 Å². The molecule has 0 spiro atoms. The van der Waals surface area contributed by atoms with E-state index in [4.69, 9.17) is 21.1 Å². The summed E-state index contributed by atoms with van der Waals surface area (Å²) >= 11 is 7.03. The molecule has 0 aromatic carbocycles. The summed E-state index contributed by atoms with van der Waals surface area (Å²) in [7, 11) is 1.66. The highest BCUT2D eigenvalue weighted by Gasteiger charge is 2.18. The zero-order chi connectivity index (χ0) is 13.4. The average Bonchev–Trinajstić information content (AvgIpc) is 2.78. The second kappa shape index (κ2) is 8.29. The topological polar surface area (TPSA) is 60.5 Å². The first-order valence-corrected chi connectivity index (χ1v) is 7.03. The largest absolute Gasteiger partial charge is 0.462 e. The van der Waals surface area contributed by atoms with Crippen LogP contribution in [0.1, 0.15) is 28.7 Å². The highest BCUT2D eigenvalue weighted by Crippen LogP contribution is 2.25. The summed E-state index contributed by atoms with van der Waals surface area (Å²) in [6, 6.07) is 0. The van der Waals surface area contributed by atoms with Crippen LogP contribution in [-0.2, 0) is 15.4 Å². The number of halogens is 1. The van der Waals surface area contributed by atoms with Crippen LogP contribution in [0.25, 0.3) is 0 Å². The Labute approximate surface area is 115 Å². The van der Waals surface area contributed by atoms with Gasteiger partial charge in [0.15, 0.2) is 5.13 Å². The number of hydrogen-bond donors (Lipinski definition) is 1. The molecule has 0 fully saturated rings. The molecule has 1 rings (SSSR count). The minimum absolute atomic E-state index is 0.199. The van der Waals surface area contributed by atoms with E-state index in [-0.39, 0.29) is 11.8 Å². The third-order valence-corrected chi connectivity index (χ3v) is 3.37. The molecule has 0 aliphatic rings. The van der Waals surface area contributed by atoms with Gasteiger partial charge in [0.2, 0.25) is 0 Å². The Kier molecular flexibility index (Phi) is 7.00. The predicted octanol–water partition coefficient (Wildman–Crippen LogP) is 2.51. The van der Waals surface area contributed by atoms with Gasteiger partial charge >= 0.3 is 5.97 Å². The second-order valence-corrected chi connectivity index (χ2v) is 4.69. The summed E-state index contributed by atoms with van der Waals surface area (Å²) in [6.45, 7) is 3.54. The first-order valence-electron chi connectivity index (χ1n) is 5.68. The van der Waals surface area contributed by atoms with Crippen LogP contribution < -0.4 is 5.32 Å². The number of carbonyl (C=O) groups excluding carboxylic acids is 1. The number of nitrogens with one attached hydrogen (secondary N) is 1. The Hall–Kier alpha value is -0.850. The summed E-state index contributed by atoms with van der Waals surface area (Å²) in [6.07, 6.45) is 0.876. The average molecular weight is 293 g/mol. The molecule has 1 aromatic rings. The van der Waals surface area contributed by atoms with Gasteiger partial charge in [-0.1, -0.05) is 11.3 Å². The van der Waals surface area contributed by atoms with Crippen molar-refractivity contribution in [3.05, 3.63) is 10.6 Å². The summed E-state index contributed by atoms with van der Waals surface area (Å²) in [4.78, 5) is 16.4. The standard InChI is InChI=1S/C11H17ClN2O3S/c1-3-17-10(15)9-8(7-12)14-11(18-9)13-5-4-6-16-2/h3-7H2,1-2H3,(H,13,14). The van der Waals surface area contributed by atoms with Gasteiger partial charge in [0, 0.05) is 20.3 Å². The van der Waals surface area contributed by atoms with Crippen LogP contribution in [-0.4, -0.2) is 37.8 Å². The van der Waals surface area contributed by atoms with E-state index in [1.54, 1.807) is 14.0 Å². The third-order valence-electron chi connectivity index (χ3n) is 2.09. The molecule has 7 heteroatoms. The Morgan fingerprint density at radius 1 is 1.56 bits per heavy atom. The Morgan fingerprint density at radius 3 is 2.94 bits per heavy atom. The molecule has 0 unspecified atom stereocenters. The maximum Gasteiger partial charge on any atom is 0.350 e. The molecule has 0 aliphatic carbocycles. The molecule has 0 saturated heterocycles. The number of rotatable bonds is 8. The van der Waals surface area contributed by atoms with Crippen molar-refractivity contribution in [1.82, 2.24) is 4.98 Å². The molecular formula is C11H17ClN2O3S. The Morgan fingerprint density at radius 2 is 2.33 bits per heavy atom. The molecule has 0 atom stereocenters. The normalized spacial score (nSPS) is 10.4. The number of thiazole rings is 1. The van der Waals surface area contributed by atoms with Crippen molar-refractivity contribution in [2.45, 2.75) is 19.2 Å². The second-order valence-electron chi connectivity index (χ2n) is 3.42. The summed E-state index contributed by atoms with van der Waals surface area (Å²) in [5.74, 6) is -0.166. The van der Waals surface area contributed by atoms with E-state index in [1.165, 1.54) is 11.3 Å². The number of hydrogen-bond acceptors (Lipinski definition) is 6. The van der Waals surface area contributed by atoms with Crippen LogP contribution in [0, 0.1) is 0 Å². The minimum Gasteiger partial charge on any atom is -0.462 e. The van der Waals surface area contributed by atoms with Gasteiger partial charge in [-0.2, -0.15) is 0 Å². The van der Waals surface area contributed by atoms with Crippen LogP contribution in [0.3, 0.4) is 0 Å². The summed E-state index contributed by atoms with van der Waals surface area (Å²) in [5, 5.41) is 3.82. The molecular weight excluding hydrogens is 276 g/mol. The van der Waals surface area contributed by atoms with Gasteiger partial charge < -0.3 is 14.8 Å². The number of anilines is 1. The van der Waals surface area contributed by atoms with E-state index in [0.29, 0.717) is 28.9 Å². The molecule has 5 nitrogen and oxygen atoms in total. The summed E-state index contributed by atoms with van der Waals surface area (Å²) < 4.78 is 9.90. The van der Waals surface area contributed by atoms with Crippen molar-refractivity contribution in [2.24, 2.45) is 0 Å². The van der Waals surface area contributed by atoms with Crippen molar-refractivity contribution in [3.63, 3.8) is 0 Å². The molecule has 0 bridgehead atoms. The number of alkyl halides is 1. The van der Waals surface area contributed by atoms with Gasteiger partial charge in [0.05, 0.1) is 18.2 Å². The highest BCUT2D eigenvalue weighted by atomic mass is 35.5. The Balaban J connectivity index is 2.62. The molecule has 0 amide bonds.